The van der Waals surface area contributed by atoms with Crippen molar-refractivity contribution in [3.63, 3.8) is 0 Å². The zero-order chi connectivity index (χ0) is 18.8. The molecule has 0 unspecified atom stereocenters. The standard InChI is InChI=1S/C15H11BrF3N5OS/c1-5-3-7(15(17,18)19)21-14-8(5)9-11(26-14)13(25)23-12(22-9)10-6(16)4-20-24(10)2/h3-4,12,22H,1-2H3,(H,23,25)/t12-/m1/s1. The number of anilines is 1. The lowest BCUT2D eigenvalue weighted by Gasteiger charge is -2.26. The monoisotopic (exact) mass is 445 g/mol. The second kappa shape index (κ2) is 5.68. The van der Waals surface area contributed by atoms with E-state index in [4.69, 9.17) is 0 Å². The summed E-state index contributed by atoms with van der Waals surface area (Å²) in [5.74, 6) is -0.368. The van der Waals surface area contributed by atoms with Gasteiger partial charge in [0.1, 0.15) is 21.6 Å². The lowest BCUT2D eigenvalue weighted by Crippen LogP contribution is -2.38. The number of nitrogens with one attached hydrogen (secondary N) is 2. The van der Waals surface area contributed by atoms with Crippen LogP contribution in [0.2, 0.25) is 0 Å². The van der Waals surface area contributed by atoms with Crippen molar-refractivity contribution in [3.8, 4) is 0 Å². The summed E-state index contributed by atoms with van der Waals surface area (Å²) in [4.78, 5) is 16.7. The van der Waals surface area contributed by atoms with Crippen LogP contribution in [0.1, 0.15) is 32.8 Å². The van der Waals surface area contributed by atoms with E-state index in [0.717, 1.165) is 17.4 Å². The Hall–Kier alpha value is -2.14. The molecule has 0 saturated heterocycles. The number of pyridine rings is 1. The molecule has 3 aromatic heterocycles. The van der Waals surface area contributed by atoms with Gasteiger partial charge in [0.25, 0.3) is 5.91 Å². The van der Waals surface area contributed by atoms with Gasteiger partial charge in [-0.05, 0) is 34.5 Å². The Labute approximate surface area is 157 Å². The molecule has 1 aliphatic heterocycles. The molecule has 2 N–H and O–H groups in total. The molecular weight excluding hydrogens is 435 g/mol. The van der Waals surface area contributed by atoms with Crippen molar-refractivity contribution in [3.05, 3.63) is 38.6 Å². The van der Waals surface area contributed by atoms with Crippen LogP contribution in [0, 0.1) is 6.92 Å². The van der Waals surface area contributed by atoms with E-state index in [1.807, 2.05) is 0 Å². The first-order valence-corrected chi connectivity index (χ1v) is 9.04. The van der Waals surface area contributed by atoms with Gasteiger partial charge in [-0.3, -0.25) is 9.48 Å². The van der Waals surface area contributed by atoms with E-state index in [1.165, 1.54) is 0 Å². The molecule has 0 aliphatic carbocycles. The van der Waals surface area contributed by atoms with Crippen LogP contribution >= 0.6 is 27.3 Å². The van der Waals surface area contributed by atoms with E-state index >= 15 is 0 Å². The first-order chi connectivity index (χ1) is 12.2. The Morgan fingerprint density at radius 3 is 2.69 bits per heavy atom. The van der Waals surface area contributed by atoms with Crippen LogP contribution < -0.4 is 10.6 Å². The number of aryl methyl sites for hydroxylation is 2. The average molecular weight is 446 g/mol. The SMILES string of the molecule is Cc1cc(C(F)(F)F)nc2sc3c(c12)N[C@@H](c1c(Br)cnn1C)NC3=O. The molecular formula is C15H11BrF3N5OS. The number of carbonyl (C=O) groups is 1. The molecule has 0 spiro atoms. The van der Waals surface area contributed by atoms with Gasteiger partial charge in [-0.15, -0.1) is 11.3 Å². The third kappa shape index (κ3) is 2.57. The van der Waals surface area contributed by atoms with Gasteiger partial charge in [0.2, 0.25) is 0 Å². The van der Waals surface area contributed by atoms with Crippen LogP contribution in [-0.4, -0.2) is 20.7 Å². The molecule has 1 atom stereocenters. The molecule has 136 valence electrons. The minimum absolute atomic E-state index is 0.176. The van der Waals surface area contributed by atoms with Crippen molar-refractivity contribution < 1.29 is 18.0 Å². The van der Waals surface area contributed by atoms with Crippen molar-refractivity contribution in [1.82, 2.24) is 20.1 Å². The summed E-state index contributed by atoms with van der Waals surface area (Å²) < 4.78 is 41.4. The number of amides is 1. The van der Waals surface area contributed by atoms with Gasteiger partial charge < -0.3 is 10.6 Å². The Balaban J connectivity index is 1.87. The highest BCUT2D eigenvalue weighted by Crippen LogP contribution is 2.43. The number of aromatic nitrogens is 3. The van der Waals surface area contributed by atoms with Gasteiger partial charge in [-0.1, -0.05) is 0 Å². The van der Waals surface area contributed by atoms with Crippen LogP contribution in [0.25, 0.3) is 10.2 Å². The largest absolute Gasteiger partial charge is 0.433 e. The Bertz CT molecular complexity index is 1040. The summed E-state index contributed by atoms with van der Waals surface area (Å²) in [6.07, 6.45) is -3.51. The molecule has 6 nitrogen and oxygen atoms in total. The molecule has 11 heteroatoms. The molecule has 0 saturated carbocycles. The number of carbonyl (C=O) groups excluding carboxylic acids is 1. The van der Waals surface area contributed by atoms with Crippen LogP contribution in [0.3, 0.4) is 0 Å². The molecule has 0 aromatic carbocycles. The lowest BCUT2D eigenvalue weighted by molar-refractivity contribution is -0.141. The molecule has 1 amide bonds. The van der Waals surface area contributed by atoms with Crippen molar-refractivity contribution in [1.29, 1.82) is 0 Å². The topological polar surface area (TPSA) is 71.8 Å². The molecule has 0 bridgehead atoms. The number of halogens is 4. The second-order valence-corrected chi connectivity index (χ2v) is 7.71. The fraction of sp³-hybridized carbons (Fsp3) is 0.267. The molecule has 0 fully saturated rings. The van der Waals surface area contributed by atoms with E-state index in [0.29, 0.717) is 31.7 Å². The quantitative estimate of drug-likeness (QED) is 0.594. The maximum absolute atomic E-state index is 13.0. The summed E-state index contributed by atoms with van der Waals surface area (Å²) >= 11 is 4.33. The van der Waals surface area contributed by atoms with Crippen LogP contribution in [0.15, 0.2) is 16.7 Å². The number of thiophene rings is 1. The number of nitrogens with zero attached hydrogens (tertiary/aromatic N) is 3. The molecule has 3 aromatic rings. The van der Waals surface area contributed by atoms with E-state index in [2.05, 4.69) is 36.6 Å². The second-order valence-electron chi connectivity index (χ2n) is 5.86. The lowest BCUT2D eigenvalue weighted by atomic mass is 10.1. The average Bonchev–Trinajstić information content (AvgIpc) is 3.07. The van der Waals surface area contributed by atoms with Crippen molar-refractivity contribution in [2.24, 2.45) is 7.05 Å². The number of fused-ring (bicyclic) bond motifs is 3. The summed E-state index contributed by atoms with van der Waals surface area (Å²) in [5.41, 5.74) is 0.628. The highest BCUT2D eigenvalue weighted by molar-refractivity contribution is 9.10. The van der Waals surface area contributed by atoms with Gasteiger partial charge in [0.05, 0.1) is 22.1 Å². The zero-order valence-corrected chi connectivity index (χ0v) is 15.8. The van der Waals surface area contributed by atoms with Gasteiger partial charge in [-0.2, -0.15) is 18.3 Å². The summed E-state index contributed by atoms with van der Waals surface area (Å²) in [6, 6.07) is 0.999. The maximum atomic E-state index is 13.0. The predicted molar refractivity (Wildman–Crippen MR) is 94.1 cm³/mol. The van der Waals surface area contributed by atoms with Crippen LogP contribution in [-0.2, 0) is 13.2 Å². The van der Waals surface area contributed by atoms with Crippen molar-refractivity contribution in [2.45, 2.75) is 19.3 Å². The van der Waals surface area contributed by atoms with Crippen LogP contribution in [0.4, 0.5) is 18.9 Å². The normalized spacial score (nSPS) is 17.2. The Morgan fingerprint density at radius 2 is 2.08 bits per heavy atom. The highest BCUT2D eigenvalue weighted by Gasteiger charge is 2.36. The Morgan fingerprint density at radius 1 is 1.35 bits per heavy atom. The van der Waals surface area contributed by atoms with Gasteiger partial charge in [-0.25, -0.2) is 4.98 Å². The third-order valence-corrected chi connectivity index (χ3v) is 5.82. The van der Waals surface area contributed by atoms with E-state index in [9.17, 15) is 18.0 Å². The summed E-state index contributed by atoms with van der Waals surface area (Å²) in [5, 5.41) is 10.6. The van der Waals surface area contributed by atoms with Gasteiger partial charge in [0.15, 0.2) is 0 Å². The van der Waals surface area contributed by atoms with E-state index < -0.39 is 18.0 Å². The van der Waals surface area contributed by atoms with Crippen molar-refractivity contribution >= 4 is 49.1 Å². The Kier molecular flexibility index (Phi) is 3.77. The molecule has 26 heavy (non-hydrogen) atoms. The molecule has 1 aliphatic rings. The van der Waals surface area contributed by atoms with E-state index in [-0.39, 0.29) is 10.7 Å². The minimum Gasteiger partial charge on any atom is -0.358 e. The first kappa shape index (κ1) is 17.3. The van der Waals surface area contributed by atoms with Gasteiger partial charge in [0, 0.05) is 12.4 Å². The van der Waals surface area contributed by atoms with E-state index in [1.54, 1.807) is 24.9 Å². The number of rotatable bonds is 1. The molecule has 4 heterocycles. The minimum atomic E-state index is -4.54. The van der Waals surface area contributed by atoms with Gasteiger partial charge >= 0.3 is 6.18 Å². The highest BCUT2D eigenvalue weighted by atomic mass is 79.9. The third-order valence-electron chi connectivity index (χ3n) is 4.13. The fourth-order valence-electron chi connectivity index (χ4n) is 2.98. The summed E-state index contributed by atoms with van der Waals surface area (Å²) in [7, 11) is 1.73. The smallest absolute Gasteiger partial charge is 0.358 e. The molecule has 4 rings (SSSR count). The summed E-state index contributed by atoms with van der Waals surface area (Å²) in [6.45, 7) is 1.58. The fourth-order valence-corrected chi connectivity index (χ4v) is 4.68. The zero-order valence-electron chi connectivity index (χ0n) is 13.4. The molecule has 0 radical (unpaired) electrons. The number of hydrogen-bond donors (Lipinski definition) is 2. The number of hydrogen-bond acceptors (Lipinski definition) is 5. The maximum Gasteiger partial charge on any atom is 0.433 e. The first-order valence-electron chi connectivity index (χ1n) is 7.43. The van der Waals surface area contributed by atoms with Crippen molar-refractivity contribution in [2.75, 3.05) is 5.32 Å². The van der Waals surface area contributed by atoms with Crippen LogP contribution in [0.5, 0.6) is 0 Å². The predicted octanol–water partition coefficient (Wildman–Crippen LogP) is 3.97. The number of alkyl halides is 3.